The molecule has 0 saturated carbocycles. The van der Waals surface area contributed by atoms with Crippen LogP contribution in [0.4, 0.5) is 5.69 Å². The number of rotatable bonds is 1. The van der Waals surface area contributed by atoms with Gasteiger partial charge < -0.3 is 9.88 Å². The van der Waals surface area contributed by atoms with Gasteiger partial charge in [0.15, 0.2) is 5.82 Å². The predicted octanol–water partition coefficient (Wildman–Crippen LogP) is 1.84. The predicted molar refractivity (Wildman–Crippen MR) is 63.2 cm³/mol. The molecule has 0 spiro atoms. The highest BCUT2D eigenvalue weighted by Gasteiger charge is 2.15. The smallest absolute Gasteiger partial charge is 0.163 e. The molecule has 0 saturated heterocycles. The molecule has 0 aliphatic carbocycles. The van der Waals surface area contributed by atoms with E-state index >= 15 is 0 Å². The van der Waals surface area contributed by atoms with Gasteiger partial charge in [-0.05, 0) is 24.5 Å². The fourth-order valence-electron chi connectivity index (χ4n) is 2.25. The first-order valence-corrected chi connectivity index (χ1v) is 5.56. The highest BCUT2D eigenvalue weighted by molar-refractivity contribution is 5.70. The van der Waals surface area contributed by atoms with E-state index < -0.39 is 0 Å². The number of aryl methyl sites for hydroxylation is 1. The summed E-state index contributed by atoms with van der Waals surface area (Å²) in [6, 6.07) is 6.32. The van der Waals surface area contributed by atoms with Crippen LogP contribution in [0.1, 0.15) is 12.0 Å². The Balaban J connectivity index is 2.18. The Hall–Kier alpha value is -1.84. The molecular formula is C12H14N4. The van der Waals surface area contributed by atoms with E-state index in [2.05, 4.69) is 33.7 Å². The molecule has 1 aromatic carbocycles. The van der Waals surface area contributed by atoms with E-state index in [0.29, 0.717) is 0 Å². The Labute approximate surface area is 94.3 Å². The molecule has 16 heavy (non-hydrogen) atoms. The van der Waals surface area contributed by atoms with Crippen LogP contribution in [0.25, 0.3) is 11.4 Å². The van der Waals surface area contributed by atoms with Gasteiger partial charge in [-0.1, -0.05) is 12.1 Å². The van der Waals surface area contributed by atoms with Gasteiger partial charge in [-0.15, -0.1) is 10.2 Å². The van der Waals surface area contributed by atoms with Crippen LogP contribution in [0.3, 0.4) is 0 Å². The van der Waals surface area contributed by atoms with Crippen molar-refractivity contribution in [3.05, 3.63) is 30.1 Å². The van der Waals surface area contributed by atoms with Gasteiger partial charge in [-0.2, -0.15) is 0 Å². The van der Waals surface area contributed by atoms with E-state index in [1.165, 1.54) is 23.2 Å². The summed E-state index contributed by atoms with van der Waals surface area (Å²) in [5.41, 5.74) is 3.81. The van der Waals surface area contributed by atoms with Crippen LogP contribution in [0.5, 0.6) is 0 Å². The maximum absolute atomic E-state index is 4.18. The summed E-state index contributed by atoms with van der Waals surface area (Å²) < 4.78 is 1.96. The molecule has 1 aromatic heterocycles. The van der Waals surface area contributed by atoms with Crippen molar-refractivity contribution in [2.75, 3.05) is 11.9 Å². The lowest BCUT2D eigenvalue weighted by Crippen LogP contribution is -2.13. The third-order valence-corrected chi connectivity index (χ3v) is 3.05. The lowest BCUT2D eigenvalue weighted by molar-refractivity contribution is 0.827. The van der Waals surface area contributed by atoms with Crippen LogP contribution < -0.4 is 5.32 Å². The summed E-state index contributed by atoms with van der Waals surface area (Å²) in [6.07, 6.45) is 4.04. The van der Waals surface area contributed by atoms with Crippen molar-refractivity contribution in [3.8, 4) is 11.4 Å². The Kier molecular flexibility index (Phi) is 2.13. The molecule has 4 nitrogen and oxygen atoms in total. The van der Waals surface area contributed by atoms with Gasteiger partial charge >= 0.3 is 0 Å². The van der Waals surface area contributed by atoms with Crippen LogP contribution in [0, 0.1) is 0 Å². The lowest BCUT2D eigenvalue weighted by atomic mass is 9.97. The molecule has 2 aromatic rings. The summed E-state index contributed by atoms with van der Waals surface area (Å²) in [7, 11) is 1.98. The molecule has 0 fully saturated rings. The fraction of sp³-hybridized carbons (Fsp3) is 0.333. The van der Waals surface area contributed by atoms with Crippen molar-refractivity contribution >= 4 is 5.69 Å². The Morgan fingerprint density at radius 3 is 3.12 bits per heavy atom. The number of nitrogens with zero attached hydrogens (tertiary/aromatic N) is 3. The highest BCUT2D eigenvalue weighted by atomic mass is 15.2. The number of benzene rings is 1. The van der Waals surface area contributed by atoms with Crippen molar-refractivity contribution in [3.63, 3.8) is 0 Å². The third kappa shape index (κ3) is 1.38. The van der Waals surface area contributed by atoms with Crippen LogP contribution in [0.2, 0.25) is 0 Å². The molecule has 82 valence electrons. The van der Waals surface area contributed by atoms with Gasteiger partial charge in [0.1, 0.15) is 6.33 Å². The summed E-state index contributed by atoms with van der Waals surface area (Å²) in [5.74, 6) is 0.945. The monoisotopic (exact) mass is 214 g/mol. The van der Waals surface area contributed by atoms with E-state index in [0.717, 1.165) is 18.8 Å². The minimum Gasteiger partial charge on any atom is -0.385 e. The Morgan fingerprint density at radius 2 is 2.31 bits per heavy atom. The summed E-state index contributed by atoms with van der Waals surface area (Å²) >= 11 is 0. The van der Waals surface area contributed by atoms with Gasteiger partial charge in [0.2, 0.25) is 0 Å². The number of fused-ring (bicyclic) bond motifs is 1. The van der Waals surface area contributed by atoms with Gasteiger partial charge in [-0.3, -0.25) is 0 Å². The second-order valence-electron chi connectivity index (χ2n) is 4.13. The van der Waals surface area contributed by atoms with Crippen LogP contribution in [-0.2, 0) is 13.5 Å². The minimum atomic E-state index is 0.945. The van der Waals surface area contributed by atoms with Crippen molar-refractivity contribution in [1.82, 2.24) is 14.8 Å². The first-order valence-electron chi connectivity index (χ1n) is 5.56. The SMILES string of the molecule is Cn1cnnc1-c1cccc2c1CCCN2. The molecule has 4 heteroatoms. The molecule has 1 aliphatic heterocycles. The molecule has 0 bridgehead atoms. The van der Waals surface area contributed by atoms with Gasteiger partial charge in [0.05, 0.1) is 0 Å². The molecule has 0 amide bonds. The second-order valence-corrected chi connectivity index (χ2v) is 4.13. The first kappa shape index (κ1) is 9.39. The number of aromatic nitrogens is 3. The topological polar surface area (TPSA) is 42.7 Å². The van der Waals surface area contributed by atoms with Gasteiger partial charge in [0.25, 0.3) is 0 Å². The number of anilines is 1. The summed E-state index contributed by atoms with van der Waals surface area (Å²) in [4.78, 5) is 0. The number of hydrogen-bond donors (Lipinski definition) is 1. The van der Waals surface area contributed by atoms with Crippen molar-refractivity contribution < 1.29 is 0 Å². The second kappa shape index (κ2) is 3.63. The number of hydrogen-bond acceptors (Lipinski definition) is 3. The molecule has 3 rings (SSSR count). The van der Waals surface area contributed by atoms with Crippen molar-refractivity contribution in [1.29, 1.82) is 0 Å². The van der Waals surface area contributed by atoms with Crippen LogP contribution in [-0.4, -0.2) is 21.3 Å². The molecule has 0 unspecified atom stereocenters. The Bertz CT molecular complexity index is 515. The lowest BCUT2D eigenvalue weighted by Gasteiger charge is -2.20. The number of nitrogens with one attached hydrogen (secondary N) is 1. The highest BCUT2D eigenvalue weighted by Crippen LogP contribution is 2.30. The minimum absolute atomic E-state index is 0.945. The molecule has 1 aliphatic rings. The van der Waals surface area contributed by atoms with E-state index in [9.17, 15) is 0 Å². The quantitative estimate of drug-likeness (QED) is 0.787. The third-order valence-electron chi connectivity index (χ3n) is 3.05. The van der Waals surface area contributed by atoms with Gasteiger partial charge in [0, 0.05) is 24.8 Å². The first-order chi connectivity index (χ1) is 7.86. The zero-order chi connectivity index (χ0) is 11.0. The molecular weight excluding hydrogens is 200 g/mol. The van der Waals surface area contributed by atoms with E-state index in [1.807, 2.05) is 11.6 Å². The molecule has 2 heterocycles. The molecule has 0 radical (unpaired) electrons. The maximum atomic E-state index is 4.18. The van der Waals surface area contributed by atoms with E-state index in [1.54, 1.807) is 6.33 Å². The fourth-order valence-corrected chi connectivity index (χ4v) is 2.25. The van der Waals surface area contributed by atoms with Crippen molar-refractivity contribution in [2.45, 2.75) is 12.8 Å². The zero-order valence-electron chi connectivity index (χ0n) is 9.27. The summed E-state index contributed by atoms with van der Waals surface area (Å²) in [6.45, 7) is 1.06. The van der Waals surface area contributed by atoms with Crippen LogP contribution in [0.15, 0.2) is 24.5 Å². The largest absolute Gasteiger partial charge is 0.385 e. The average molecular weight is 214 g/mol. The summed E-state index contributed by atoms with van der Waals surface area (Å²) in [5, 5.41) is 11.5. The Morgan fingerprint density at radius 1 is 1.38 bits per heavy atom. The molecule has 1 N–H and O–H groups in total. The normalized spacial score (nSPS) is 14.3. The zero-order valence-corrected chi connectivity index (χ0v) is 9.27. The van der Waals surface area contributed by atoms with Crippen molar-refractivity contribution in [2.24, 2.45) is 7.05 Å². The van der Waals surface area contributed by atoms with Crippen LogP contribution >= 0.6 is 0 Å². The average Bonchev–Trinajstić information content (AvgIpc) is 2.75. The molecule has 0 atom stereocenters. The van der Waals surface area contributed by atoms with E-state index in [4.69, 9.17) is 0 Å². The van der Waals surface area contributed by atoms with Gasteiger partial charge in [-0.25, -0.2) is 0 Å². The standard InChI is InChI=1S/C12H14N4/c1-16-8-14-15-12(16)10-4-2-6-11-9(10)5-3-7-13-11/h2,4,6,8,13H,3,5,7H2,1H3. The maximum Gasteiger partial charge on any atom is 0.163 e. The van der Waals surface area contributed by atoms with E-state index in [-0.39, 0.29) is 0 Å².